The number of allylic oxidation sites excluding steroid dienone is 1. The van der Waals surface area contributed by atoms with E-state index in [-0.39, 0.29) is 5.82 Å². The smallest absolute Gasteiger partial charge is 0.131 e. The molecule has 0 amide bonds. The molecule has 0 heterocycles. The molecule has 0 saturated heterocycles. The van der Waals surface area contributed by atoms with Gasteiger partial charge in [-0.3, -0.25) is 0 Å². The Morgan fingerprint density at radius 3 is 2.55 bits per heavy atom. The summed E-state index contributed by atoms with van der Waals surface area (Å²) < 4.78 is 19.5. The van der Waals surface area contributed by atoms with Crippen molar-refractivity contribution in [1.29, 1.82) is 0 Å². The summed E-state index contributed by atoms with van der Waals surface area (Å²) in [5, 5.41) is 0. The van der Waals surface area contributed by atoms with Crippen molar-refractivity contribution >= 4 is 6.08 Å². The van der Waals surface area contributed by atoms with Gasteiger partial charge in [-0.05, 0) is 47.7 Å². The zero-order valence-corrected chi connectivity index (χ0v) is 13.5. The topological polar surface area (TPSA) is 9.23 Å². The summed E-state index contributed by atoms with van der Waals surface area (Å²) in [6, 6.07) is 11.1. The summed E-state index contributed by atoms with van der Waals surface area (Å²) in [7, 11) is 1.60. The van der Waals surface area contributed by atoms with Gasteiger partial charge in [-0.15, -0.1) is 0 Å². The first-order valence-corrected chi connectivity index (χ1v) is 7.83. The average Bonchev–Trinajstić information content (AvgIpc) is 2.55. The van der Waals surface area contributed by atoms with Gasteiger partial charge in [0.15, 0.2) is 0 Å². The molecular weight excluding hydrogens is 275 g/mol. The number of benzene rings is 2. The summed E-state index contributed by atoms with van der Waals surface area (Å²) in [5.74, 6) is 0.439. The van der Waals surface area contributed by atoms with E-state index in [1.165, 1.54) is 11.6 Å². The zero-order valence-electron chi connectivity index (χ0n) is 13.5. The van der Waals surface area contributed by atoms with Gasteiger partial charge in [0.1, 0.15) is 11.6 Å². The molecule has 2 aromatic rings. The van der Waals surface area contributed by atoms with Crippen LogP contribution in [0.25, 0.3) is 17.2 Å². The molecule has 0 N–H and O–H groups in total. The van der Waals surface area contributed by atoms with Crippen LogP contribution in [0, 0.1) is 5.82 Å². The minimum atomic E-state index is -0.227. The second-order valence-corrected chi connectivity index (χ2v) is 5.31. The number of hydrogen-bond donors (Lipinski definition) is 0. The number of unbranched alkanes of at least 4 members (excludes halogenated alkanes) is 1. The first-order chi connectivity index (χ1) is 10.7. The monoisotopic (exact) mass is 298 g/mol. The highest BCUT2D eigenvalue weighted by molar-refractivity contribution is 5.77. The van der Waals surface area contributed by atoms with Gasteiger partial charge in [-0.2, -0.15) is 0 Å². The van der Waals surface area contributed by atoms with Crippen LogP contribution in [0.1, 0.15) is 37.8 Å². The standard InChI is InChI=1S/C20H23FO/c1-4-6-7-8-16-13-15(5-2)9-11-18(16)19-14-17(22-3)10-12-20(19)21/h7-14H,4-6H2,1-3H3/b8-7+. The van der Waals surface area contributed by atoms with Crippen molar-refractivity contribution in [2.45, 2.75) is 33.1 Å². The van der Waals surface area contributed by atoms with Crippen molar-refractivity contribution in [2.75, 3.05) is 7.11 Å². The SMILES string of the molecule is CCC/C=C/c1cc(CC)ccc1-c1cc(OC)ccc1F. The maximum absolute atomic E-state index is 14.3. The number of halogens is 1. The molecule has 0 aliphatic rings. The molecule has 22 heavy (non-hydrogen) atoms. The van der Waals surface area contributed by atoms with Gasteiger partial charge in [0.2, 0.25) is 0 Å². The Kier molecular flexibility index (Phi) is 5.76. The summed E-state index contributed by atoms with van der Waals surface area (Å²) in [4.78, 5) is 0. The van der Waals surface area contributed by atoms with Crippen LogP contribution in [0.15, 0.2) is 42.5 Å². The van der Waals surface area contributed by atoms with Crippen LogP contribution in [0.3, 0.4) is 0 Å². The van der Waals surface area contributed by atoms with Crippen molar-refractivity contribution in [3.8, 4) is 16.9 Å². The third kappa shape index (κ3) is 3.76. The van der Waals surface area contributed by atoms with Crippen molar-refractivity contribution in [3.05, 3.63) is 59.4 Å². The predicted octanol–water partition coefficient (Wildman–Crippen LogP) is 5.88. The van der Waals surface area contributed by atoms with Crippen molar-refractivity contribution in [3.63, 3.8) is 0 Å². The van der Waals surface area contributed by atoms with Gasteiger partial charge in [0, 0.05) is 5.56 Å². The van der Waals surface area contributed by atoms with Gasteiger partial charge in [-0.1, -0.05) is 50.6 Å². The number of methoxy groups -OCH3 is 1. The summed E-state index contributed by atoms with van der Waals surface area (Å²) in [6.07, 6.45) is 7.34. The summed E-state index contributed by atoms with van der Waals surface area (Å²) in [6.45, 7) is 4.27. The highest BCUT2D eigenvalue weighted by atomic mass is 19.1. The van der Waals surface area contributed by atoms with Gasteiger partial charge in [0.05, 0.1) is 7.11 Å². The van der Waals surface area contributed by atoms with Gasteiger partial charge in [-0.25, -0.2) is 4.39 Å². The lowest BCUT2D eigenvalue weighted by Crippen LogP contribution is -1.92. The van der Waals surface area contributed by atoms with Crippen molar-refractivity contribution in [1.82, 2.24) is 0 Å². The fourth-order valence-electron chi connectivity index (χ4n) is 2.43. The lowest BCUT2D eigenvalue weighted by Gasteiger charge is -2.11. The van der Waals surface area contributed by atoms with E-state index >= 15 is 0 Å². The third-order valence-electron chi connectivity index (χ3n) is 3.74. The van der Waals surface area contributed by atoms with Crippen LogP contribution >= 0.6 is 0 Å². The zero-order chi connectivity index (χ0) is 15.9. The Bertz CT molecular complexity index is 659. The molecule has 2 aromatic carbocycles. The predicted molar refractivity (Wildman–Crippen MR) is 91.7 cm³/mol. The van der Waals surface area contributed by atoms with Crippen molar-refractivity contribution < 1.29 is 9.13 Å². The Hall–Kier alpha value is -2.09. The van der Waals surface area contributed by atoms with E-state index in [1.807, 2.05) is 6.07 Å². The highest BCUT2D eigenvalue weighted by Crippen LogP contribution is 2.31. The Morgan fingerprint density at radius 1 is 1.05 bits per heavy atom. The summed E-state index contributed by atoms with van der Waals surface area (Å²) in [5.41, 5.74) is 3.79. The molecule has 0 aromatic heterocycles. The summed E-state index contributed by atoms with van der Waals surface area (Å²) >= 11 is 0. The van der Waals surface area contributed by atoms with Crippen LogP contribution in [-0.4, -0.2) is 7.11 Å². The molecule has 0 bridgehead atoms. The van der Waals surface area contributed by atoms with E-state index in [4.69, 9.17) is 4.74 Å². The van der Waals surface area contributed by atoms with Crippen LogP contribution < -0.4 is 4.74 Å². The lowest BCUT2D eigenvalue weighted by atomic mass is 9.95. The van der Waals surface area contributed by atoms with Crippen LogP contribution in [0.5, 0.6) is 5.75 Å². The van der Waals surface area contributed by atoms with E-state index in [2.05, 4.69) is 38.1 Å². The third-order valence-corrected chi connectivity index (χ3v) is 3.74. The maximum atomic E-state index is 14.3. The first-order valence-electron chi connectivity index (χ1n) is 7.83. The van der Waals surface area contributed by atoms with Gasteiger partial charge in [0.25, 0.3) is 0 Å². The number of ether oxygens (including phenoxy) is 1. The van der Waals surface area contributed by atoms with E-state index in [0.717, 1.165) is 30.4 Å². The molecule has 0 atom stereocenters. The van der Waals surface area contributed by atoms with Crippen LogP contribution in [0.2, 0.25) is 0 Å². The Morgan fingerprint density at radius 2 is 1.86 bits per heavy atom. The fraction of sp³-hybridized carbons (Fsp3) is 0.300. The maximum Gasteiger partial charge on any atom is 0.131 e. The molecule has 1 nitrogen and oxygen atoms in total. The second kappa shape index (κ2) is 7.79. The molecule has 116 valence electrons. The lowest BCUT2D eigenvalue weighted by molar-refractivity contribution is 0.414. The first kappa shape index (κ1) is 16.3. The van der Waals surface area contributed by atoms with E-state index in [1.54, 1.807) is 19.2 Å². The Labute approximate surface area is 132 Å². The minimum Gasteiger partial charge on any atom is -0.497 e. The molecule has 0 aliphatic heterocycles. The number of rotatable bonds is 6. The van der Waals surface area contributed by atoms with Crippen molar-refractivity contribution in [2.24, 2.45) is 0 Å². The molecule has 0 radical (unpaired) electrons. The molecule has 0 fully saturated rings. The van der Waals surface area contributed by atoms with Crippen LogP contribution in [-0.2, 0) is 6.42 Å². The van der Waals surface area contributed by atoms with Gasteiger partial charge >= 0.3 is 0 Å². The molecule has 2 heteroatoms. The largest absolute Gasteiger partial charge is 0.497 e. The van der Waals surface area contributed by atoms with Crippen LogP contribution in [0.4, 0.5) is 4.39 Å². The quantitative estimate of drug-likeness (QED) is 0.647. The molecule has 0 spiro atoms. The normalized spacial score (nSPS) is 11.1. The molecule has 0 aliphatic carbocycles. The molecule has 0 unspecified atom stereocenters. The molecule has 2 rings (SSSR count). The Balaban J connectivity index is 2.53. The molecule has 0 saturated carbocycles. The van der Waals surface area contributed by atoms with E-state index in [0.29, 0.717) is 11.3 Å². The molecular formula is C20H23FO. The second-order valence-electron chi connectivity index (χ2n) is 5.31. The highest BCUT2D eigenvalue weighted by Gasteiger charge is 2.10. The minimum absolute atomic E-state index is 0.227. The van der Waals surface area contributed by atoms with Gasteiger partial charge < -0.3 is 4.74 Å². The van der Waals surface area contributed by atoms with E-state index < -0.39 is 0 Å². The fourth-order valence-corrected chi connectivity index (χ4v) is 2.43. The average molecular weight is 298 g/mol. The number of hydrogen-bond acceptors (Lipinski definition) is 1. The van der Waals surface area contributed by atoms with E-state index in [9.17, 15) is 4.39 Å². The number of aryl methyl sites for hydroxylation is 1.